The van der Waals surface area contributed by atoms with Crippen LogP contribution in [0.3, 0.4) is 0 Å². The van der Waals surface area contributed by atoms with Crippen molar-refractivity contribution in [1.82, 2.24) is 0 Å². The second kappa shape index (κ2) is 10.3. The van der Waals surface area contributed by atoms with Gasteiger partial charge in [-0.15, -0.1) is 0 Å². The van der Waals surface area contributed by atoms with Gasteiger partial charge in [0.25, 0.3) is 0 Å². The van der Waals surface area contributed by atoms with Crippen LogP contribution in [0.15, 0.2) is 24.3 Å². The van der Waals surface area contributed by atoms with E-state index in [1.165, 1.54) is 0 Å². The first-order valence-corrected chi connectivity index (χ1v) is 5.93. The maximum Gasteiger partial charge on any atom is 0.161 e. The third-order valence-corrected chi connectivity index (χ3v) is 1.76. The molecule has 0 aliphatic heterocycles. The van der Waals surface area contributed by atoms with E-state index >= 15 is 0 Å². The third kappa shape index (κ3) is 5.61. The average Bonchev–Trinajstić information content (AvgIpc) is 2.35. The Morgan fingerprint density at radius 2 is 1.69 bits per heavy atom. The lowest BCUT2D eigenvalue weighted by Crippen LogP contribution is -2.06. The summed E-state index contributed by atoms with van der Waals surface area (Å²) in [6.45, 7) is 7.89. The van der Waals surface area contributed by atoms with E-state index < -0.39 is 0 Å². The minimum atomic E-state index is 0. The van der Waals surface area contributed by atoms with Crippen molar-refractivity contribution in [3.8, 4) is 11.5 Å². The van der Waals surface area contributed by atoms with Crippen LogP contribution in [0.1, 0.15) is 28.6 Å². The highest BCUT2D eigenvalue weighted by Crippen LogP contribution is 2.26. The molecule has 1 aromatic rings. The van der Waals surface area contributed by atoms with Gasteiger partial charge in [-0.1, -0.05) is 26.0 Å². The van der Waals surface area contributed by atoms with Gasteiger partial charge in [-0.05, 0) is 32.0 Å². The zero-order valence-corrected chi connectivity index (χ0v) is 10.5. The SMILES string of the molecule is CC.CCOc1ccccc1OCCCN.[HH]. The molecular formula is C13H25NO2. The highest BCUT2D eigenvalue weighted by atomic mass is 16.5. The number of hydrogen-bond acceptors (Lipinski definition) is 3. The van der Waals surface area contributed by atoms with Crippen LogP contribution in [0.2, 0.25) is 0 Å². The molecule has 0 aliphatic carbocycles. The Kier molecular flexibility index (Phi) is 9.52. The molecule has 0 aliphatic rings. The molecule has 0 amide bonds. The van der Waals surface area contributed by atoms with Crippen molar-refractivity contribution in [1.29, 1.82) is 0 Å². The predicted octanol–water partition coefficient (Wildman–Crippen LogP) is 3.09. The number of benzene rings is 1. The van der Waals surface area contributed by atoms with Crippen LogP contribution in [0.5, 0.6) is 11.5 Å². The van der Waals surface area contributed by atoms with Gasteiger partial charge in [0.05, 0.1) is 13.2 Å². The Bertz CT molecular complexity index is 269. The summed E-state index contributed by atoms with van der Waals surface area (Å²) in [6.07, 6.45) is 0.862. The summed E-state index contributed by atoms with van der Waals surface area (Å²) >= 11 is 0. The molecule has 0 unspecified atom stereocenters. The van der Waals surface area contributed by atoms with Crippen LogP contribution in [0, 0.1) is 0 Å². The highest BCUT2D eigenvalue weighted by molar-refractivity contribution is 5.39. The molecule has 94 valence electrons. The smallest absolute Gasteiger partial charge is 0.161 e. The van der Waals surface area contributed by atoms with Gasteiger partial charge in [0.1, 0.15) is 0 Å². The molecule has 0 saturated heterocycles. The second-order valence-corrected chi connectivity index (χ2v) is 2.87. The number of para-hydroxylation sites is 2. The minimum Gasteiger partial charge on any atom is -0.490 e. The number of rotatable bonds is 6. The molecule has 16 heavy (non-hydrogen) atoms. The summed E-state index contributed by atoms with van der Waals surface area (Å²) in [4.78, 5) is 0. The topological polar surface area (TPSA) is 44.5 Å². The molecule has 0 spiro atoms. The van der Waals surface area contributed by atoms with E-state index in [1.807, 2.05) is 45.0 Å². The van der Waals surface area contributed by atoms with Gasteiger partial charge in [0.15, 0.2) is 11.5 Å². The Hall–Kier alpha value is -1.22. The Morgan fingerprint density at radius 3 is 2.19 bits per heavy atom. The fourth-order valence-electron chi connectivity index (χ4n) is 1.11. The first-order chi connectivity index (χ1) is 7.88. The first-order valence-electron chi connectivity index (χ1n) is 5.93. The van der Waals surface area contributed by atoms with Gasteiger partial charge in [-0.3, -0.25) is 0 Å². The summed E-state index contributed by atoms with van der Waals surface area (Å²) in [5, 5.41) is 0. The summed E-state index contributed by atoms with van der Waals surface area (Å²) in [5.74, 6) is 1.59. The van der Waals surface area contributed by atoms with E-state index in [4.69, 9.17) is 15.2 Å². The van der Waals surface area contributed by atoms with E-state index in [-0.39, 0.29) is 1.43 Å². The van der Waals surface area contributed by atoms with Crippen molar-refractivity contribution in [2.45, 2.75) is 27.2 Å². The number of hydrogen-bond donors (Lipinski definition) is 1. The number of ether oxygens (including phenoxy) is 2. The molecule has 0 heterocycles. The van der Waals surface area contributed by atoms with Gasteiger partial charge < -0.3 is 15.2 Å². The molecule has 0 saturated carbocycles. The van der Waals surface area contributed by atoms with Crippen molar-refractivity contribution in [3.63, 3.8) is 0 Å². The van der Waals surface area contributed by atoms with E-state index in [0.717, 1.165) is 17.9 Å². The molecule has 1 aromatic carbocycles. The standard InChI is InChI=1S/C11H17NO2.C2H6.H2/c1-2-13-10-6-3-4-7-11(10)14-9-5-8-12;1-2;/h3-4,6-7H,2,5,8-9,12H2,1H3;1-2H3;1H. The van der Waals surface area contributed by atoms with Crippen LogP contribution < -0.4 is 15.2 Å². The molecule has 0 bridgehead atoms. The lowest BCUT2D eigenvalue weighted by molar-refractivity contribution is 0.275. The van der Waals surface area contributed by atoms with Crippen LogP contribution in [-0.4, -0.2) is 19.8 Å². The summed E-state index contributed by atoms with van der Waals surface area (Å²) in [5.41, 5.74) is 5.38. The lowest BCUT2D eigenvalue weighted by Gasteiger charge is -2.10. The molecule has 0 atom stereocenters. The number of nitrogens with two attached hydrogens (primary N) is 1. The van der Waals surface area contributed by atoms with Crippen molar-refractivity contribution in [3.05, 3.63) is 24.3 Å². The molecule has 3 nitrogen and oxygen atoms in total. The second-order valence-electron chi connectivity index (χ2n) is 2.87. The van der Waals surface area contributed by atoms with Crippen molar-refractivity contribution >= 4 is 0 Å². The molecule has 3 heteroatoms. The Balaban J connectivity index is 0. The zero-order chi connectivity index (χ0) is 12.2. The monoisotopic (exact) mass is 227 g/mol. The summed E-state index contributed by atoms with van der Waals surface area (Å²) in [7, 11) is 0. The molecule has 0 aromatic heterocycles. The van der Waals surface area contributed by atoms with Crippen molar-refractivity contribution in [2.24, 2.45) is 5.73 Å². The summed E-state index contributed by atoms with van der Waals surface area (Å²) < 4.78 is 10.9. The molecular weight excluding hydrogens is 202 g/mol. The summed E-state index contributed by atoms with van der Waals surface area (Å²) in [6, 6.07) is 7.67. The molecule has 1 rings (SSSR count). The largest absolute Gasteiger partial charge is 0.490 e. The fourth-order valence-corrected chi connectivity index (χ4v) is 1.11. The first kappa shape index (κ1) is 14.8. The maximum absolute atomic E-state index is 5.53. The van der Waals surface area contributed by atoms with Crippen LogP contribution in [0.4, 0.5) is 0 Å². The average molecular weight is 227 g/mol. The van der Waals surface area contributed by atoms with Gasteiger partial charge in [0, 0.05) is 1.43 Å². The maximum atomic E-state index is 5.53. The van der Waals surface area contributed by atoms with Crippen molar-refractivity contribution in [2.75, 3.05) is 19.8 Å². The Morgan fingerprint density at radius 1 is 1.12 bits per heavy atom. The van der Waals surface area contributed by atoms with Crippen molar-refractivity contribution < 1.29 is 10.9 Å². The predicted molar refractivity (Wildman–Crippen MR) is 70.2 cm³/mol. The Labute approximate surface area is 100 Å². The third-order valence-electron chi connectivity index (χ3n) is 1.76. The minimum absolute atomic E-state index is 0. The molecule has 0 radical (unpaired) electrons. The van der Waals surface area contributed by atoms with Gasteiger partial charge >= 0.3 is 0 Å². The van der Waals surface area contributed by atoms with E-state index in [2.05, 4.69) is 0 Å². The van der Waals surface area contributed by atoms with Gasteiger partial charge in [-0.2, -0.15) is 0 Å². The van der Waals surface area contributed by atoms with E-state index in [0.29, 0.717) is 19.8 Å². The normalized spacial score (nSPS) is 9.00. The molecule has 0 fully saturated rings. The van der Waals surface area contributed by atoms with E-state index in [1.54, 1.807) is 0 Å². The zero-order valence-electron chi connectivity index (χ0n) is 10.5. The van der Waals surface area contributed by atoms with Gasteiger partial charge in [-0.25, -0.2) is 0 Å². The molecule has 2 N–H and O–H groups in total. The van der Waals surface area contributed by atoms with Gasteiger partial charge in [0.2, 0.25) is 0 Å². The van der Waals surface area contributed by atoms with Crippen LogP contribution in [0.25, 0.3) is 0 Å². The van der Waals surface area contributed by atoms with E-state index in [9.17, 15) is 0 Å². The highest BCUT2D eigenvalue weighted by Gasteiger charge is 2.01. The fraction of sp³-hybridized carbons (Fsp3) is 0.538. The quantitative estimate of drug-likeness (QED) is 0.759. The lowest BCUT2D eigenvalue weighted by atomic mass is 10.3. The van der Waals surface area contributed by atoms with Crippen LogP contribution in [-0.2, 0) is 0 Å². The van der Waals surface area contributed by atoms with Crippen LogP contribution >= 0.6 is 0 Å².